The first-order valence-corrected chi connectivity index (χ1v) is 7.75. The molecule has 1 unspecified atom stereocenters. The highest BCUT2D eigenvalue weighted by Gasteiger charge is 2.33. The van der Waals surface area contributed by atoms with Gasteiger partial charge in [-0.1, -0.05) is 38.1 Å². The topological polar surface area (TPSA) is 46.3 Å². The molecular formula is C18H30N2O. The SMILES string of the molecule is Cc1ccccc1C(C)(C)C(=O)N(C)CCC(N)C(C)C. The van der Waals surface area contributed by atoms with E-state index in [9.17, 15) is 4.79 Å². The molecule has 21 heavy (non-hydrogen) atoms. The summed E-state index contributed by atoms with van der Waals surface area (Å²) in [5.41, 5.74) is 7.81. The fraction of sp³-hybridized carbons (Fsp3) is 0.611. The summed E-state index contributed by atoms with van der Waals surface area (Å²) in [5.74, 6) is 0.589. The van der Waals surface area contributed by atoms with Gasteiger partial charge in [0.15, 0.2) is 0 Å². The van der Waals surface area contributed by atoms with Gasteiger partial charge < -0.3 is 10.6 Å². The van der Waals surface area contributed by atoms with Gasteiger partial charge in [0.05, 0.1) is 5.41 Å². The molecule has 2 N–H and O–H groups in total. The number of amides is 1. The van der Waals surface area contributed by atoms with Gasteiger partial charge in [-0.15, -0.1) is 0 Å². The Morgan fingerprint density at radius 2 is 1.86 bits per heavy atom. The molecule has 0 heterocycles. The zero-order chi connectivity index (χ0) is 16.2. The van der Waals surface area contributed by atoms with E-state index < -0.39 is 5.41 Å². The van der Waals surface area contributed by atoms with Crippen molar-refractivity contribution in [3.8, 4) is 0 Å². The van der Waals surface area contributed by atoms with Crippen molar-refractivity contribution in [3.05, 3.63) is 35.4 Å². The van der Waals surface area contributed by atoms with Gasteiger partial charge >= 0.3 is 0 Å². The number of hydrogen-bond donors (Lipinski definition) is 1. The average Bonchev–Trinajstić information content (AvgIpc) is 2.43. The van der Waals surface area contributed by atoms with E-state index in [0.29, 0.717) is 12.5 Å². The molecule has 3 heteroatoms. The molecule has 0 fully saturated rings. The van der Waals surface area contributed by atoms with Crippen LogP contribution in [0.3, 0.4) is 0 Å². The van der Waals surface area contributed by atoms with E-state index in [2.05, 4.69) is 26.8 Å². The van der Waals surface area contributed by atoms with Crippen molar-refractivity contribution in [1.29, 1.82) is 0 Å². The first kappa shape index (κ1) is 17.7. The number of carbonyl (C=O) groups excluding carboxylic acids is 1. The third kappa shape index (κ3) is 4.31. The molecule has 1 amide bonds. The van der Waals surface area contributed by atoms with Crippen molar-refractivity contribution in [3.63, 3.8) is 0 Å². The van der Waals surface area contributed by atoms with Crippen molar-refractivity contribution < 1.29 is 4.79 Å². The number of carbonyl (C=O) groups is 1. The van der Waals surface area contributed by atoms with Crippen molar-refractivity contribution in [2.24, 2.45) is 11.7 Å². The predicted molar refractivity (Wildman–Crippen MR) is 89.3 cm³/mol. The van der Waals surface area contributed by atoms with Gasteiger partial charge in [0.1, 0.15) is 0 Å². The summed E-state index contributed by atoms with van der Waals surface area (Å²) >= 11 is 0. The van der Waals surface area contributed by atoms with E-state index >= 15 is 0 Å². The van der Waals surface area contributed by atoms with Gasteiger partial charge in [-0.05, 0) is 44.2 Å². The third-order valence-electron chi connectivity index (χ3n) is 4.35. The molecule has 0 saturated heterocycles. The van der Waals surface area contributed by atoms with Gasteiger partial charge in [-0.2, -0.15) is 0 Å². The molecule has 3 nitrogen and oxygen atoms in total. The fourth-order valence-electron chi connectivity index (χ4n) is 2.64. The summed E-state index contributed by atoms with van der Waals surface area (Å²) in [7, 11) is 1.87. The molecular weight excluding hydrogens is 260 g/mol. The van der Waals surface area contributed by atoms with Crippen molar-refractivity contribution in [1.82, 2.24) is 4.90 Å². The highest BCUT2D eigenvalue weighted by molar-refractivity contribution is 5.87. The Morgan fingerprint density at radius 1 is 1.29 bits per heavy atom. The Balaban J connectivity index is 2.79. The summed E-state index contributed by atoms with van der Waals surface area (Å²) < 4.78 is 0. The minimum absolute atomic E-state index is 0.141. The monoisotopic (exact) mass is 290 g/mol. The average molecular weight is 290 g/mol. The maximum atomic E-state index is 12.8. The molecule has 0 aliphatic carbocycles. The van der Waals surface area contributed by atoms with Gasteiger partial charge in [0.2, 0.25) is 5.91 Å². The zero-order valence-corrected chi connectivity index (χ0v) is 14.3. The van der Waals surface area contributed by atoms with Crippen LogP contribution in [0, 0.1) is 12.8 Å². The minimum Gasteiger partial charge on any atom is -0.345 e. The number of nitrogens with two attached hydrogens (primary N) is 1. The van der Waals surface area contributed by atoms with Crippen LogP contribution in [-0.4, -0.2) is 30.4 Å². The lowest BCUT2D eigenvalue weighted by atomic mass is 9.80. The summed E-state index contributed by atoms with van der Waals surface area (Å²) in [4.78, 5) is 14.6. The molecule has 1 rings (SSSR count). The molecule has 0 bridgehead atoms. The number of aryl methyl sites for hydroxylation is 1. The second-order valence-corrected chi connectivity index (χ2v) is 6.86. The molecule has 0 radical (unpaired) electrons. The first-order chi connectivity index (χ1) is 9.67. The molecule has 0 saturated carbocycles. The van der Waals surface area contributed by atoms with Gasteiger partial charge in [0.25, 0.3) is 0 Å². The normalized spacial score (nSPS) is 13.3. The lowest BCUT2D eigenvalue weighted by Gasteiger charge is -2.31. The first-order valence-electron chi connectivity index (χ1n) is 7.75. The highest BCUT2D eigenvalue weighted by atomic mass is 16.2. The smallest absolute Gasteiger partial charge is 0.232 e. The Labute approximate surface area is 129 Å². The van der Waals surface area contributed by atoms with Gasteiger partial charge in [0, 0.05) is 19.6 Å². The van der Waals surface area contributed by atoms with Crippen molar-refractivity contribution >= 4 is 5.91 Å². The number of nitrogens with zero attached hydrogens (tertiary/aromatic N) is 1. The molecule has 1 aromatic rings. The van der Waals surface area contributed by atoms with Crippen LogP contribution in [0.5, 0.6) is 0 Å². The standard InChI is InChI=1S/C18H30N2O/c1-13(2)16(19)11-12-20(6)17(21)18(4,5)15-10-8-7-9-14(15)3/h7-10,13,16H,11-12,19H2,1-6H3. The lowest BCUT2D eigenvalue weighted by molar-refractivity contribution is -0.135. The van der Waals surface area contributed by atoms with E-state index in [1.54, 1.807) is 0 Å². The summed E-state index contributed by atoms with van der Waals surface area (Å²) in [6.45, 7) is 11.0. The largest absolute Gasteiger partial charge is 0.345 e. The van der Waals surface area contributed by atoms with Crippen LogP contribution in [0.1, 0.15) is 45.2 Å². The number of likely N-dealkylation sites (N-methyl/N-ethyl adjacent to an activating group) is 1. The number of rotatable bonds is 6. The molecule has 0 spiro atoms. The van der Waals surface area contributed by atoms with E-state index in [4.69, 9.17) is 5.73 Å². The molecule has 0 aliphatic rings. The maximum absolute atomic E-state index is 12.8. The molecule has 118 valence electrons. The second-order valence-electron chi connectivity index (χ2n) is 6.86. The van der Waals surface area contributed by atoms with Crippen LogP contribution >= 0.6 is 0 Å². The highest BCUT2D eigenvalue weighted by Crippen LogP contribution is 2.28. The predicted octanol–water partition coefficient (Wildman–Crippen LogP) is 3.10. The number of benzene rings is 1. The second kappa shape index (κ2) is 7.08. The minimum atomic E-state index is -0.512. The lowest BCUT2D eigenvalue weighted by Crippen LogP contribution is -2.43. The third-order valence-corrected chi connectivity index (χ3v) is 4.35. The maximum Gasteiger partial charge on any atom is 0.232 e. The molecule has 1 atom stereocenters. The summed E-state index contributed by atoms with van der Waals surface area (Å²) in [6, 6.07) is 8.23. The summed E-state index contributed by atoms with van der Waals surface area (Å²) in [6.07, 6.45) is 0.837. The van der Waals surface area contributed by atoms with Crippen LogP contribution in [-0.2, 0) is 10.2 Å². The Kier molecular flexibility index (Phi) is 5.97. The van der Waals surface area contributed by atoms with Crippen LogP contribution in [0.15, 0.2) is 24.3 Å². The van der Waals surface area contributed by atoms with E-state index in [1.165, 1.54) is 0 Å². The Bertz CT molecular complexity index is 480. The summed E-state index contributed by atoms with van der Waals surface area (Å²) in [5, 5.41) is 0. The molecule has 0 aliphatic heterocycles. The van der Waals surface area contributed by atoms with Crippen LogP contribution < -0.4 is 5.73 Å². The number of hydrogen-bond acceptors (Lipinski definition) is 2. The van der Waals surface area contributed by atoms with Crippen molar-refractivity contribution in [2.45, 2.75) is 52.5 Å². The zero-order valence-electron chi connectivity index (χ0n) is 14.3. The van der Waals surface area contributed by atoms with E-state index in [1.807, 2.05) is 44.0 Å². The molecule has 1 aromatic carbocycles. The Morgan fingerprint density at radius 3 is 2.38 bits per heavy atom. The van der Waals surface area contributed by atoms with Gasteiger partial charge in [-0.3, -0.25) is 4.79 Å². The Hall–Kier alpha value is -1.35. The van der Waals surface area contributed by atoms with Crippen LogP contribution in [0.25, 0.3) is 0 Å². The van der Waals surface area contributed by atoms with Crippen LogP contribution in [0.2, 0.25) is 0 Å². The quantitative estimate of drug-likeness (QED) is 0.875. The van der Waals surface area contributed by atoms with E-state index in [-0.39, 0.29) is 11.9 Å². The fourth-order valence-corrected chi connectivity index (χ4v) is 2.64. The van der Waals surface area contributed by atoms with Crippen molar-refractivity contribution in [2.75, 3.05) is 13.6 Å². The van der Waals surface area contributed by atoms with E-state index in [0.717, 1.165) is 17.5 Å². The van der Waals surface area contributed by atoms with Crippen LogP contribution in [0.4, 0.5) is 0 Å². The molecule has 0 aromatic heterocycles. The van der Waals surface area contributed by atoms with Gasteiger partial charge in [-0.25, -0.2) is 0 Å².